The first-order valence-electron chi connectivity index (χ1n) is 6.70. The summed E-state index contributed by atoms with van der Waals surface area (Å²) in [6, 6.07) is 6.04. The number of nitrogens with two attached hydrogens (primary N) is 1. The fourth-order valence-electron chi connectivity index (χ4n) is 2.44. The fourth-order valence-corrected chi connectivity index (χ4v) is 2.44. The third-order valence-corrected chi connectivity index (χ3v) is 3.30. The Morgan fingerprint density at radius 2 is 2.10 bits per heavy atom. The van der Waals surface area contributed by atoms with Crippen molar-refractivity contribution in [3.63, 3.8) is 0 Å². The van der Waals surface area contributed by atoms with Gasteiger partial charge >= 0.3 is 0 Å². The van der Waals surface area contributed by atoms with Gasteiger partial charge in [0, 0.05) is 29.1 Å². The molecule has 110 valence electrons. The van der Waals surface area contributed by atoms with Crippen LogP contribution in [0.1, 0.15) is 41.3 Å². The first-order chi connectivity index (χ1) is 10.1. The van der Waals surface area contributed by atoms with Gasteiger partial charge in [-0.2, -0.15) is 0 Å². The first kappa shape index (κ1) is 15.1. The molecule has 1 heterocycles. The van der Waals surface area contributed by atoms with E-state index in [1.807, 2.05) is 6.92 Å². The van der Waals surface area contributed by atoms with E-state index in [1.165, 1.54) is 18.3 Å². The third-order valence-electron chi connectivity index (χ3n) is 3.30. The number of primary amides is 1. The third kappa shape index (κ3) is 3.07. The molecule has 1 aromatic heterocycles. The van der Waals surface area contributed by atoms with Gasteiger partial charge in [0.05, 0.1) is 0 Å². The average molecular weight is 290 g/mol. The van der Waals surface area contributed by atoms with Crippen molar-refractivity contribution < 1.29 is 13.6 Å². The van der Waals surface area contributed by atoms with Crippen LogP contribution in [0, 0.1) is 0 Å². The molecule has 0 unspecified atom stereocenters. The SMILES string of the molecule is CCCc1c(C(N)=O)ccc(C(F)F)c1-c1cccnc1. The number of benzene rings is 1. The molecule has 0 aliphatic heterocycles. The molecule has 1 aromatic carbocycles. The van der Waals surface area contributed by atoms with E-state index >= 15 is 0 Å². The van der Waals surface area contributed by atoms with Crippen molar-refractivity contribution in [3.05, 3.63) is 53.3 Å². The monoisotopic (exact) mass is 290 g/mol. The van der Waals surface area contributed by atoms with E-state index in [2.05, 4.69) is 4.98 Å². The first-order valence-corrected chi connectivity index (χ1v) is 6.70. The molecular weight excluding hydrogens is 274 g/mol. The van der Waals surface area contributed by atoms with E-state index in [0.29, 0.717) is 28.7 Å². The minimum absolute atomic E-state index is 0.101. The number of hydrogen-bond donors (Lipinski definition) is 1. The molecule has 0 aliphatic rings. The largest absolute Gasteiger partial charge is 0.366 e. The Bertz CT molecular complexity index is 642. The molecule has 2 N–H and O–H groups in total. The van der Waals surface area contributed by atoms with E-state index in [1.54, 1.807) is 18.3 Å². The summed E-state index contributed by atoms with van der Waals surface area (Å²) in [6.45, 7) is 1.92. The molecule has 0 bridgehead atoms. The maximum absolute atomic E-state index is 13.3. The van der Waals surface area contributed by atoms with Gasteiger partial charge < -0.3 is 5.73 Å². The molecule has 1 amide bonds. The molecule has 0 fully saturated rings. The van der Waals surface area contributed by atoms with Crippen molar-refractivity contribution >= 4 is 5.91 Å². The zero-order valence-corrected chi connectivity index (χ0v) is 11.6. The highest BCUT2D eigenvalue weighted by Crippen LogP contribution is 2.36. The summed E-state index contributed by atoms with van der Waals surface area (Å²) in [5, 5.41) is 0. The quantitative estimate of drug-likeness (QED) is 0.912. The van der Waals surface area contributed by atoms with E-state index in [-0.39, 0.29) is 5.56 Å². The lowest BCUT2D eigenvalue weighted by atomic mass is 9.89. The zero-order valence-electron chi connectivity index (χ0n) is 11.6. The Balaban J connectivity index is 2.78. The lowest BCUT2D eigenvalue weighted by Crippen LogP contribution is -2.15. The Kier molecular flexibility index (Phi) is 4.62. The lowest BCUT2D eigenvalue weighted by Gasteiger charge is -2.17. The normalized spacial score (nSPS) is 10.9. The molecule has 5 heteroatoms. The Morgan fingerprint density at radius 1 is 1.33 bits per heavy atom. The molecule has 0 aliphatic carbocycles. The van der Waals surface area contributed by atoms with Crippen LogP contribution in [0.4, 0.5) is 8.78 Å². The number of nitrogens with zero attached hydrogens (tertiary/aromatic N) is 1. The van der Waals surface area contributed by atoms with E-state index in [9.17, 15) is 13.6 Å². The van der Waals surface area contributed by atoms with Gasteiger partial charge in [0.1, 0.15) is 0 Å². The minimum atomic E-state index is -2.63. The smallest absolute Gasteiger partial charge is 0.264 e. The average Bonchev–Trinajstić information content (AvgIpc) is 2.47. The second-order valence-electron chi connectivity index (χ2n) is 4.71. The van der Waals surface area contributed by atoms with E-state index < -0.39 is 12.3 Å². The molecular formula is C16H16F2N2O. The number of carbonyl (C=O) groups excluding carboxylic acids is 1. The predicted octanol–water partition coefficient (Wildman–Crippen LogP) is 3.74. The molecule has 0 saturated carbocycles. The van der Waals surface area contributed by atoms with E-state index in [4.69, 9.17) is 5.73 Å². The summed E-state index contributed by atoms with van der Waals surface area (Å²) < 4.78 is 26.7. The summed E-state index contributed by atoms with van der Waals surface area (Å²) in [5.41, 5.74) is 7.07. The van der Waals surface area contributed by atoms with Crippen molar-refractivity contribution in [2.24, 2.45) is 5.73 Å². The topological polar surface area (TPSA) is 56.0 Å². The van der Waals surface area contributed by atoms with Gasteiger partial charge in [-0.05, 0) is 29.7 Å². The number of pyridine rings is 1. The number of rotatable bonds is 5. The van der Waals surface area contributed by atoms with Gasteiger partial charge in [-0.25, -0.2) is 8.78 Å². The van der Waals surface area contributed by atoms with Gasteiger partial charge in [-0.15, -0.1) is 0 Å². The maximum atomic E-state index is 13.3. The van der Waals surface area contributed by atoms with Crippen molar-refractivity contribution in [1.82, 2.24) is 4.98 Å². The molecule has 2 aromatic rings. The summed E-state index contributed by atoms with van der Waals surface area (Å²) >= 11 is 0. The van der Waals surface area contributed by atoms with Gasteiger partial charge in [0.25, 0.3) is 6.43 Å². The van der Waals surface area contributed by atoms with Crippen LogP contribution in [0.15, 0.2) is 36.7 Å². The Morgan fingerprint density at radius 3 is 2.62 bits per heavy atom. The van der Waals surface area contributed by atoms with Crippen LogP contribution in [0.2, 0.25) is 0 Å². The van der Waals surface area contributed by atoms with Crippen LogP contribution in [0.3, 0.4) is 0 Å². The van der Waals surface area contributed by atoms with Gasteiger partial charge in [0.2, 0.25) is 5.91 Å². The second-order valence-corrected chi connectivity index (χ2v) is 4.71. The van der Waals surface area contributed by atoms with Crippen molar-refractivity contribution in [2.45, 2.75) is 26.2 Å². The van der Waals surface area contributed by atoms with Crippen LogP contribution in [-0.4, -0.2) is 10.9 Å². The fraction of sp³-hybridized carbons (Fsp3) is 0.250. The number of halogens is 2. The Labute approximate surface area is 121 Å². The highest BCUT2D eigenvalue weighted by Gasteiger charge is 2.21. The van der Waals surface area contributed by atoms with Gasteiger partial charge in [0.15, 0.2) is 0 Å². The standard InChI is InChI=1S/C16H16F2N2O/c1-2-4-11-12(16(19)21)6-7-13(15(17)18)14(11)10-5-3-8-20-9-10/h3,5-9,15H,2,4H2,1H3,(H2,19,21). The maximum Gasteiger partial charge on any atom is 0.264 e. The van der Waals surface area contributed by atoms with Crippen LogP contribution in [-0.2, 0) is 6.42 Å². The zero-order chi connectivity index (χ0) is 15.4. The number of hydrogen-bond acceptors (Lipinski definition) is 2. The number of amides is 1. The highest BCUT2D eigenvalue weighted by atomic mass is 19.3. The van der Waals surface area contributed by atoms with Gasteiger partial charge in [-0.3, -0.25) is 9.78 Å². The summed E-state index contributed by atoms with van der Waals surface area (Å²) in [6.07, 6.45) is 1.69. The predicted molar refractivity (Wildman–Crippen MR) is 77.1 cm³/mol. The van der Waals surface area contributed by atoms with Crippen molar-refractivity contribution in [2.75, 3.05) is 0 Å². The molecule has 2 rings (SSSR count). The molecule has 0 radical (unpaired) electrons. The number of carbonyl (C=O) groups is 1. The molecule has 0 spiro atoms. The number of alkyl halides is 2. The molecule has 0 saturated heterocycles. The van der Waals surface area contributed by atoms with E-state index in [0.717, 1.165) is 6.42 Å². The van der Waals surface area contributed by atoms with Crippen molar-refractivity contribution in [1.29, 1.82) is 0 Å². The van der Waals surface area contributed by atoms with Crippen LogP contribution in [0.5, 0.6) is 0 Å². The van der Waals surface area contributed by atoms with Crippen LogP contribution >= 0.6 is 0 Å². The molecule has 3 nitrogen and oxygen atoms in total. The highest BCUT2D eigenvalue weighted by molar-refractivity contribution is 5.97. The number of aromatic nitrogens is 1. The Hall–Kier alpha value is -2.30. The second kappa shape index (κ2) is 6.43. The summed E-state index contributed by atoms with van der Waals surface area (Å²) in [5.74, 6) is -0.607. The summed E-state index contributed by atoms with van der Waals surface area (Å²) in [7, 11) is 0. The van der Waals surface area contributed by atoms with Gasteiger partial charge in [-0.1, -0.05) is 25.5 Å². The van der Waals surface area contributed by atoms with Crippen molar-refractivity contribution in [3.8, 4) is 11.1 Å². The molecule has 0 atom stereocenters. The summed E-state index contributed by atoms with van der Waals surface area (Å²) in [4.78, 5) is 15.6. The van der Waals surface area contributed by atoms with Crippen LogP contribution < -0.4 is 5.73 Å². The minimum Gasteiger partial charge on any atom is -0.366 e. The van der Waals surface area contributed by atoms with Crippen LogP contribution in [0.25, 0.3) is 11.1 Å². The lowest BCUT2D eigenvalue weighted by molar-refractivity contribution is 0.0999. The molecule has 21 heavy (non-hydrogen) atoms.